The molecule has 7 heteroatoms. The van der Waals surface area contributed by atoms with E-state index in [1.54, 1.807) is 37.1 Å². The van der Waals surface area contributed by atoms with Crippen molar-refractivity contribution in [2.75, 3.05) is 5.32 Å². The van der Waals surface area contributed by atoms with Crippen molar-refractivity contribution in [2.45, 2.75) is 6.92 Å². The van der Waals surface area contributed by atoms with Crippen LogP contribution >= 0.6 is 11.3 Å². The van der Waals surface area contributed by atoms with Crippen molar-refractivity contribution in [3.05, 3.63) is 47.5 Å². The molecule has 0 aliphatic heterocycles. The summed E-state index contributed by atoms with van der Waals surface area (Å²) in [7, 11) is 1.86. The molecule has 0 atom stereocenters. The van der Waals surface area contributed by atoms with Gasteiger partial charge in [0.15, 0.2) is 5.13 Å². The first-order chi connectivity index (χ1) is 10.1. The number of hydrogen-bond acceptors (Lipinski definition) is 5. The van der Waals surface area contributed by atoms with E-state index in [1.165, 1.54) is 11.3 Å². The topological polar surface area (TPSA) is 72.7 Å². The zero-order valence-electron chi connectivity index (χ0n) is 11.6. The fourth-order valence-corrected chi connectivity index (χ4v) is 2.61. The number of rotatable bonds is 3. The molecule has 0 saturated carbocycles. The van der Waals surface area contributed by atoms with Gasteiger partial charge in [0.05, 0.1) is 23.8 Å². The molecule has 0 spiro atoms. The number of imidazole rings is 1. The maximum atomic E-state index is 12.4. The van der Waals surface area contributed by atoms with Crippen LogP contribution in [0.25, 0.3) is 11.4 Å². The van der Waals surface area contributed by atoms with Crippen LogP contribution in [0, 0.1) is 6.92 Å². The van der Waals surface area contributed by atoms with E-state index in [0.29, 0.717) is 16.4 Å². The molecule has 0 aromatic carbocycles. The molecule has 6 nitrogen and oxygen atoms in total. The Kier molecular flexibility index (Phi) is 3.49. The average Bonchev–Trinajstić information content (AvgIpc) is 3.07. The van der Waals surface area contributed by atoms with Crippen LogP contribution in [0.1, 0.15) is 15.2 Å². The van der Waals surface area contributed by atoms with Gasteiger partial charge in [0.1, 0.15) is 5.69 Å². The maximum absolute atomic E-state index is 12.4. The predicted octanol–water partition coefficient (Wildman–Crippen LogP) is 2.50. The minimum atomic E-state index is -0.228. The molecule has 1 N–H and O–H groups in total. The lowest BCUT2D eigenvalue weighted by molar-refractivity contribution is 0.102. The van der Waals surface area contributed by atoms with Crippen molar-refractivity contribution in [1.29, 1.82) is 0 Å². The van der Waals surface area contributed by atoms with E-state index in [1.807, 2.05) is 18.5 Å². The smallest absolute Gasteiger partial charge is 0.259 e. The maximum Gasteiger partial charge on any atom is 0.259 e. The molecule has 0 radical (unpaired) electrons. The van der Waals surface area contributed by atoms with E-state index < -0.39 is 0 Å². The van der Waals surface area contributed by atoms with Crippen molar-refractivity contribution in [2.24, 2.45) is 7.05 Å². The number of aryl methyl sites for hydroxylation is 2. The van der Waals surface area contributed by atoms with E-state index >= 15 is 0 Å². The highest BCUT2D eigenvalue weighted by Gasteiger charge is 2.16. The second-order valence-corrected chi connectivity index (χ2v) is 5.75. The molecule has 3 rings (SSSR count). The summed E-state index contributed by atoms with van der Waals surface area (Å²) >= 11 is 1.44. The van der Waals surface area contributed by atoms with E-state index in [9.17, 15) is 4.79 Å². The molecule has 0 bridgehead atoms. The van der Waals surface area contributed by atoms with Gasteiger partial charge < -0.3 is 4.57 Å². The summed E-state index contributed by atoms with van der Waals surface area (Å²) in [4.78, 5) is 26.0. The highest BCUT2D eigenvalue weighted by Crippen LogP contribution is 2.22. The second kappa shape index (κ2) is 5.45. The average molecular weight is 299 g/mol. The highest BCUT2D eigenvalue weighted by atomic mass is 32.1. The van der Waals surface area contributed by atoms with Gasteiger partial charge in [0.2, 0.25) is 0 Å². The summed E-state index contributed by atoms with van der Waals surface area (Å²) in [6.07, 6.45) is 6.75. The molecule has 3 aromatic heterocycles. The zero-order chi connectivity index (χ0) is 14.8. The largest absolute Gasteiger partial charge is 0.332 e. The van der Waals surface area contributed by atoms with Gasteiger partial charge in [-0.25, -0.2) is 9.97 Å². The molecule has 106 valence electrons. The number of hydrogen-bond donors (Lipinski definition) is 1. The monoisotopic (exact) mass is 299 g/mol. The lowest BCUT2D eigenvalue weighted by Crippen LogP contribution is -2.14. The molecular weight excluding hydrogens is 286 g/mol. The van der Waals surface area contributed by atoms with Crippen LogP contribution in [0.5, 0.6) is 0 Å². The zero-order valence-corrected chi connectivity index (χ0v) is 12.4. The first-order valence-electron chi connectivity index (χ1n) is 6.30. The third kappa shape index (κ3) is 2.68. The van der Waals surface area contributed by atoms with Gasteiger partial charge in [0, 0.05) is 24.3 Å². The molecule has 3 aromatic rings. The fourth-order valence-electron chi connectivity index (χ4n) is 1.96. The number of aromatic nitrogens is 4. The van der Waals surface area contributed by atoms with Crippen molar-refractivity contribution >= 4 is 22.4 Å². The number of nitrogens with zero attached hydrogens (tertiary/aromatic N) is 4. The molecule has 0 aliphatic carbocycles. The Morgan fingerprint density at radius 3 is 2.86 bits per heavy atom. The number of carbonyl (C=O) groups excluding carboxylic acids is 1. The van der Waals surface area contributed by atoms with Crippen LogP contribution in [0.3, 0.4) is 0 Å². The van der Waals surface area contributed by atoms with E-state index in [-0.39, 0.29) is 5.91 Å². The molecule has 0 unspecified atom stereocenters. The van der Waals surface area contributed by atoms with Crippen molar-refractivity contribution < 1.29 is 4.79 Å². The second-order valence-electron chi connectivity index (χ2n) is 4.52. The Balaban J connectivity index is 1.95. The molecule has 21 heavy (non-hydrogen) atoms. The van der Waals surface area contributed by atoms with Crippen LogP contribution in [0.15, 0.2) is 37.1 Å². The van der Waals surface area contributed by atoms with Crippen molar-refractivity contribution in [1.82, 2.24) is 19.5 Å². The molecule has 0 fully saturated rings. The van der Waals surface area contributed by atoms with Gasteiger partial charge in [-0.15, -0.1) is 11.3 Å². The Hall–Kier alpha value is -2.54. The summed E-state index contributed by atoms with van der Waals surface area (Å²) in [6.45, 7) is 1.94. The third-order valence-electron chi connectivity index (χ3n) is 2.95. The lowest BCUT2D eigenvalue weighted by atomic mass is 10.1. The van der Waals surface area contributed by atoms with E-state index in [2.05, 4.69) is 20.3 Å². The molecule has 1 amide bonds. The van der Waals surface area contributed by atoms with Crippen molar-refractivity contribution in [3.8, 4) is 11.4 Å². The third-order valence-corrected chi connectivity index (χ3v) is 3.78. The quantitative estimate of drug-likeness (QED) is 0.806. The first-order valence-corrected chi connectivity index (χ1v) is 7.12. The number of thiazole rings is 1. The molecule has 0 aliphatic rings. The number of nitrogens with one attached hydrogen (secondary N) is 1. The van der Waals surface area contributed by atoms with Crippen LogP contribution in [-0.2, 0) is 7.05 Å². The van der Waals surface area contributed by atoms with Gasteiger partial charge in [-0.3, -0.25) is 15.1 Å². The highest BCUT2D eigenvalue weighted by molar-refractivity contribution is 7.15. The Labute approximate surface area is 125 Å². The van der Waals surface area contributed by atoms with Crippen LogP contribution < -0.4 is 5.32 Å². The number of amides is 1. The summed E-state index contributed by atoms with van der Waals surface area (Å²) in [5.41, 5.74) is 1.88. The summed E-state index contributed by atoms with van der Waals surface area (Å²) < 4.78 is 1.83. The van der Waals surface area contributed by atoms with Gasteiger partial charge in [-0.1, -0.05) is 0 Å². The first kappa shape index (κ1) is 13.4. The van der Waals surface area contributed by atoms with Crippen LogP contribution in [-0.4, -0.2) is 25.4 Å². The minimum Gasteiger partial charge on any atom is -0.332 e. The minimum absolute atomic E-state index is 0.228. The van der Waals surface area contributed by atoms with Crippen LogP contribution in [0.4, 0.5) is 5.13 Å². The van der Waals surface area contributed by atoms with E-state index in [4.69, 9.17) is 0 Å². The van der Waals surface area contributed by atoms with Gasteiger partial charge >= 0.3 is 0 Å². The number of pyridine rings is 1. The molecule has 3 heterocycles. The van der Waals surface area contributed by atoms with E-state index in [0.717, 1.165) is 10.6 Å². The number of anilines is 1. The Morgan fingerprint density at radius 2 is 2.19 bits per heavy atom. The lowest BCUT2D eigenvalue weighted by Gasteiger charge is -2.08. The normalized spacial score (nSPS) is 10.6. The van der Waals surface area contributed by atoms with Gasteiger partial charge in [0.25, 0.3) is 5.91 Å². The standard InChI is InChI=1S/C14H13N5OS/c1-9-6-17-14(21-9)18-13(20)10-4-3-5-16-12(10)11-7-15-8-19(11)2/h3-8H,1-2H3,(H,17,18,20). The van der Waals surface area contributed by atoms with Crippen molar-refractivity contribution in [3.63, 3.8) is 0 Å². The Morgan fingerprint density at radius 1 is 1.33 bits per heavy atom. The van der Waals surface area contributed by atoms with Gasteiger partial charge in [-0.2, -0.15) is 0 Å². The SMILES string of the molecule is Cc1cnc(NC(=O)c2cccnc2-c2cncn2C)s1. The van der Waals surface area contributed by atoms with Gasteiger partial charge in [-0.05, 0) is 19.1 Å². The number of carbonyl (C=O) groups is 1. The summed E-state index contributed by atoms with van der Waals surface area (Å²) in [5.74, 6) is -0.228. The fraction of sp³-hybridized carbons (Fsp3) is 0.143. The molecule has 0 saturated heterocycles. The molecular formula is C14H13N5OS. The predicted molar refractivity (Wildman–Crippen MR) is 81.2 cm³/mol. The summed E-state index contributed by atoms with van der Waals surface area (Å²) in [5, 5.41) is 3.38. The summed E-state index contributed by atoms with van der Waals surface area (Å²) in [6, 6.07) is 3.48. The van der Waals surface area contributed by atoms with Crippen LogP contribution in [0.2, 0.25) is 0 Å². The Bertz CT molecular complexity index is 792.